The third-order valence-electron chi connectivity index (χ3n) is 1.55. The molecule has 2 amide bonds. The highest BCUT2D eigenvalue weighted by atomic mass is 32.2. The average Bonchev–Trinajstić information content (AvgIpc) is 2.28. The summed E-state index contributed by atoms with van der Waals surface area (Å²) in [6.45, 7) is 1.54. The van der Waals surface area contributed by atoms with Crippen LogP contribution in [0, 0.1) is 0 Å². The highest BCUT2D eigenvalue weighted by molar-refractivity contribution is 7.83. The number of ketones is 1. The zero-order valence-electron chi connectivity index (χ0n) is 9.35. The number of nitrogens with zero attached hydrogens (tertiary/aromatic N) is 2. The molecule has 5 N–H and O–H groups in total. The second-order valence-corrected chi connectivity index (χ2v) is 4.19. The molecule has 0 saturated heterocycles. The number of rotatable bonds is 2. The number of urea groups is 1. The molecule has 1 aromatic heterocycles. The SMILES string of the molecule is CC(=O)c1ccncc1.NC(=O)N(N)S(=O)(=O)O. The van der Waals surface area contributed by atoms with Crippen LogP contribution < -0.4 is 11.6 Å². The highest BCUT2D eigenvalue weighted by Crippen LogP contribution is 1.95. The van der Waals surface area contributed by atoms with Gasteiger partial charge in [0.05, 0.1) is 0 Å². The minimum absolute atomic E-state index is 0.0809. The molecule has 100 valence electrons. The molecule has 0 fully saturated rings. The molecule has 18 heavy (non-hydrogen) atoms. The predicted molar refractivity (Wildman–Crippen MR) is 61.4 cm³/mol. The Hall–Kier alpha value is -2.04. The van der Waals surface area contributed by atoms with E-state index in [1.165, 1.54) is 6.92 Å². The van der Waals surface area contributed by atoms with Gasteiger partial charge in [0.1, 0.15) is 0 Å². The van der Waals surface area contributed by atoms with E-state index >= 15 is 0 Å². The first-order chi connectivity index (χ1) is 8.16. The molecular weight excluding hydrogens is 264 g/mol. The van der Waals surface area contributed by atoms with Gasteiger partial charge in [-0.25, -0.2) is 10.6 Å². The van der Waals surface area contributed by atoms with Crippen LogP contribution in [0.15, 0.2) is 24.5 Å². The van der Waals surface area contributed by atoms with Crippen molar-refractivity contribution in [2.24, 2.45) is 11.6 Å². The summed E-state index contributed by atoms with van der Waals surface area (Å²) in [5, 5.41) is 0. The molecule has 0 aliphatic rings. The third kappa shape index (κ3) is 5.89. The van der Waals surface area contributed by atoms with Crippen molar-refractivity contribution < 1.29 is 22.6 Å². The second kappa shape index (κ2) is 6.64. The quantitative estimate of drug-likeness (QED) is 0.212. The van der Waals surface area contributed by atoms with Gasteiger partial charge in [0.2, 0.25) is 0 Å². The first kappa shape index (κ1) is 16.0. The summed E-state index contributed by atoms with van der Waals surface area (Å²) in [6, 6.07) is 1.95. The van der Waals surface area contributed by atoms with Crippen molar-refractivity contribution in [2.45, 2.75) is 6.92 Å². The zero-order valence-corrected chi connectivity index (χ0v) is 10.2. The lowest BCUT2D eigenvalue weighted by atomic mass is 10.2. The number of carbonyl (C=O) groups excluding carboxylic acids is 2. The molecule has 0 bridgehead atoms. The molecule has 0 aliphatic heterocycles. The van der Waals surface area contributed by atoms with E-state index in [9.17, 15) is 18.0 Å². The molecule has 0 unspecified atom stereocenters. The lowest BCUT2D eigenvalue weighted by molar-refractivity contribution is 0.101. The third-order valence-corrected chi connectivity index (χ3v) is 2.23. The van der Waals surface area contributed by atoms with E-state index in [4.69, 9.17) is 4.55 Å². The van der Waals surface area contributed by atoms with Crippen molar-refractivity contribution >= 4 is 22.1 Å². The van der Waals surface area contributed by atoms with Gasteiger partial charge in [0, 0.05) is 18.0 Å². The number of Topliss-reactive ketones (excluding diaryl/α,β-unsaturated/α-hetero) is 1. The Morgan fingerprint density at radius 1 is 1.33 bits per heavy atom. The Morgan fingerprint density at radius 2 is 1.78 bits per heavy atom. The van der Waals surface area contributed by atoms with E-state index in [1.54, 1.807) is 24.5 Å². The monoisotopic (exact) mass is 276 g/mol. The predicted octanol–water partition coefficient (Wildman–Crippen LogP) is -0.672. The first-order valence-electron chi connectivity index (χ1n) is 4.39. The highest BCUT2D eigenvalue weighted by Gasteiger charge is 2.17. The summed E-state index contributed by atoms with van der Waals surface area (Å²) in [6.07, 6.45) is 3.22. The average molecular weight is 276 g/mol. The Kier molecular flexibility index (Phi) is 5.88. The molecule has 1 rings (SSSR count). The number of primary amides is 1. The maximum atomic E-state index is 10.6. The van der Waals surface area contributed by atoms with Crippen molar-refractivity contribution in [1.82, 2.24) is 9.40 Å². The normalized spacial score (nSPS) is 9.94. The molecule has 0 spiro atoms. The summed E-state index contributed by atoms with van der Waals surface area (Å²) >= 11 is 0. The smallest absolute Gasteiger partial charge is 0.349 e. The van der Waals surface area contributed by atoms with Crippen LogP contribution in [0.3, 0.4) is 0 Å². The molecule has 0 aromatic carbocycles. The van der Waals surface area contributed by atoms with Crippen LogP contribution in [-0.2, 0) is 10.3 Å². The Balaban J connectivity index is 0.000000321. The fourth-order valence-corrected chi connectivity index (χ4v) is 0.928. The largest absolute Gasteiger partial charge is 0.377 e. The van der Waals surface area contributed by atoms with Crippen LogP contribution in [0.4, 0.5) is 4.79 Å². The molecule has 0 atom stereocenters. The summed E-state index contributed by atoms with van der Waals surface area (Å²) in [5.41, 5.74) is 5.06. The maximum absolute atomic E-state index is 10.6. The van der Waals surface area contributed by atoms with Gasteiger partial charge in [-0.1, -0.05) is 0 Å². The summed E-state index contributed by atoms with van der Waals surface area (Å²) in [5.74, 6) is 4.50. The van der Waals surface area contributed by atoms with Crippen molar-refractivity contribution in [3.8, 4) is 0 Å². The number of nitrogens with two attached hydrogens (primary N) is 2. The minimum atomic E-state index is -4.67. The van der Waals surface area contributed by atoms with Crippen molar-refractivity contribution in [3.05, 3.63) is 30.1 Å². The standard InChI is InChI=1S/C7H7NO.CH5N3O4S/c1-6(9)7-2-4-8-5-3-7;2-1(5)4(3)9(6,7)8/h2-5H,1H3;3H2,(H2,2,5)(H,6,7,8). The fourth-order valence-electron chi connectivity index (χ4n) is 0.700. The van der Waals surface area contributed by atoms with Crippen LogP contribution in [0.5, 0.6) is 0 Å². The van der Waals surface area contributed by atoms with Gasteiger partial charge in [-0.15, -0.1) is 4.41 Å². The van der Waals surface area contributed by atoms with E-state index < -0.39 is 20.7 Å². The molecule has 0 radical (unpaired) electrons. The molecule has 1 aromatic rings. The number of hydrazine groups is 1. The zero-order chi connectivity index (χ0) is 14.3. The van der Waals surface area contributed by atoms with Crippen LogP contribution in [0.1, 0.15) is 17.3 Å². The maximum Gasteiger partial charge on any atom is 0.377 e. The van der Waals surface area contributed by atoms with Crippen LogP contribution in [0.2, 0.25) is 0 Å². The van der Waals surface area contributed by atoms with Crippen LogP contribution >= 0.6 is 0 Å². The molecule has 1 heterocycles. The van der Waals surface area contributed by atoms with Gasteiger partial charge in [-0.3, -0.25) is 14.3 Å². The van der Waals surface area contributed by atoms with Gasteiger partial charge in [0.15, 0.2) is 5.78 Å². The molecule has 0 saturated carbocycles. The van der Waals surface area contributed by atoms with Crippen molar-refractivity contribution in [3.63, 3.8) is 0 Å². The van der Waals surface area contributed by atoms with E-state index in [0.29, 0.717) is 5.56 Å². The Bertz CT molecular complexity index is 516. The van der Waals surface area contributed by atoms with Crippen molar-refractivity contribution in [1.29, 1.82) is 0 Å². The molecule has 10 heteroatoms. The number of carbonyl (C=O) groups is 2. The van der Waals surface area contributed by atoms with E-state index in [0.717, 1.165) is 0 Å². The minimum Gasteiger partial charge on any atom is -0.349 e. The van der Waals surface area contributed by atoms with E-state index in [2.05, 4.69) is 16.6 Å². The van der Waals surface area contributed by atoms with E-state index in [1.807, 2.05) is 0 Å². The first-order valence-corrected chi connectivity index (χ1v) is 5.78. The van der Waals surface area contributed by atoms with Crippen LogP contribution in [0.25, 0.3) is 0 Å². The Morgan fingerprint density at radius 3 is 1.94 bits per heavy atom. The summed E-state index contributed by atoms with van der Waals surface area (Å²) in [7, 11) is -4.67. The van der Waals surface area contributed by atoms with Crippen LogP contribution in [-0.4, -0.2) is 34.2 Å². The van der Waals surface area contributed by atoms with Gasteiger partial charge >= 0.3 is 16.3 Å². The molecule has 9 nitrogen and oxygen atoms in total. The molecule has 0 aliphatic carbocycles. The topological polar surface area (TPSA) is 157 Å². The van der Waals surface area contributed by atoms with Gasteiger partial charge in [-0.05, 0) is 19.1 Å². The summed E-state index contributed by atoms with van der Waals surface area (Å²) in [4.78, 5) is 24.2. The van der Waals surface area contributed by atoms with Crippen molar-refractivity contribution in [2.75, 3.05) is 0 Å². The number of hydrogen-bond acceptors (Lipinski definition) is 6. The number of aromatic nitrogens is 1. The van der Waals surface area contributed by atoms with Gasteiger partial charge < -0.3 is 5.73 Å². The summed E-state index contributed by atoms with van der Waals surface area (Å²) < 4.78 is 27.1. The van der Waals surface area contributed by atoms with Gasteiger partial charge in [-0.2, -0.15) is 8.42 Å². The van der Waals surface area contributed by atoms with Gasteiger partial charge in [0.25, 0.3) is 0 Å². The lowest BCUT2D eigenvalue weighted by Gasteiger charge is -2.06. The second-order valence-electron chi connectivity index (χ2n) is 2.90. The molecular formula is C8H12N4O5S. The van der Waals surface area contributed by atoms with E-state index in [-0.39, 0.29) is 5.78 Å². The number of amides is 2. The lowest BCUT2D eigenvalue weighted by Crippen LogP contribution is -2.45. The Labute approximate surface area is 103 Å². The number of pyridine rings is 1. The number of hydrogen-bond donors (Lipinski definition) is 3. The fraction of sp³-hybridized carbons (Fsp3) is 0.125.